The molecule has 0 saturated carbocycles. The highest BCUT2D eigenvalue weighted by Crippen LogP contribution is 2.35. The lowest BCUT2D eigenvalue weighted by molar-refractivity contribution is -0.385. The Bertz CT molecular complexity index is 495. The van der Waals surface area contributed by atoms with Crippen LogP contribution >= 0.6 is 0 Å². The predicted molar refractivity (Wildman–Crippen MR) is 72.8 cm³/mol. The zero-order valence-corrected chi connectivity index (χ0v) is 11.8. The van der Waals surface area contributed by atoms with E-state index >= 15 is 0 Å². The van der Waals surface area contributed by atoms with Gasteiger partial charge in [-0.15, -0.1) is 13.2 Å². The van der Waals surface area contributed by atoms with E-state index in [0.29, 0.717) is 19.0 Å². The van der Waals surface area contributed by atoms with Gasteiger partial charge in [0, 0.05) is 6.07 Å². The highest BCUT2D eigenvalue weighted by molar-refractivity contribution is 5.48. The van der Waals surface area contributed by atoms with E-state index in [4.69, 9.17) is 10.5 Å². The number of nitrogens with two attached hydrogens (primary N) is 1. The number of unbranched alkanes of at least 4 members (excludes halogenated alkanes) is 3. The summed E-state index contributed by atoms with van der Waals surface area (Å²) in [6.45, 7) is 0.781. The normalized spacial score (nSPS) is 11.3. The van der Waals surface area contributed by atoms with Gasteiger partial charge in [-0.3, -0.25) is 10.1 Å². The van der Waals surface area contributed by atoms with E-state index in [9.17, 15) is 23.3 Å². The monoisotopic (exact) mass is 322 g/mol. The molecule has 6 nitrogen and oxygen atoms in total. The van der Waals surface area contributed by atoms with Crippen LogP contribution in [0, 0.1) is 10.1 Å². The second-order valence-electron chi connectivity index (χ2n) is 4.49. The Morgan fingerprint density at radius 2 is 1.82 bits per heavy atom. The average molecular weight is 322 g/mol. The quantitative estimate of drug-likeness (QED) is 0.428. The summed E-state index contributed by atoms with van der Waals surface area (Å²) in [7, 11) is 0. The summed E-state index contributed by atoms with van der Waals surface area (Å²) in [6, 6.07) is 2.85. The lowest BCUT2D eigenvalue weighted by Crippen LogP contribution is -2.18. The largest absolute Gasteiger partial charge is 0.573 e. The molecule has 0 aliphatic carbocycles. The van der Waals surface area contributed by atoms with Crippen LogP contribution in [0.15, 0.2) is 18.2 Å². The summed E-state index contributed by atoms with van der Waals surface area (Å²) < 4.78 is 46.0. The summed E-state index contributed by atoms with van der Waals surface area (Å²) in [5.41, 5.74) is 4.84. The van der Waals surface area contributed by atoms with Gasteiger partial charge < -0.3 is 15.2 Å². The number of nitro benzene ring substituents is 1. The van der Waals surface area contributed by atoms with Gasteiger partial charge in [-0.2, -0.15) is 0 Å². The van der Waals surface area contributed by atoms with Crippen molar-refractivity contribution in [3.8, 4) is 11.5 Å². The maximum Gasteiger partial charge on any atom is 0.573 e. The molecule has 124 valence electrons. The van der Waals surface area contributed by atoms with E-state index in [1.165, 1.54) is 0 Å². The fourth-order valence-electron chi connectivity index (χ4n) is 1.72. The summed E-state index contributed by atoms with van der Waals surface area (Å²) in [4.78, 5) is 9.80. The highest BCUT2D eigenvalue weighted by Gasteiger charge is 2.33. The average Bonchev–Trinajstić information content (AvgIpc) is 2.42. The maximum absolute atomic E-state index is 12.3. The first kappa shape index (κ1) is 18.0. The van der Waals surface area contributed by atoms with Crippen LogP contribution in [0.2, 0.25) is 0 Å². The van der Waals surface area contributed by atoms with Crippen LogP contribution in [-0.2, 0) is 0 Å². The lowest BCUT2D eigenvalue weighted by Gasteiger charge is -2.13. The van der Waals surface area contributed by atoms with Crippen molar-refractivity contribution in [3.05, 3.63) is 28.3 Å². The number of rotatable bonds is 9. The van der Waals surface area contributed by atoms with Crippen LogP contribution < -0.4 is 15.2 Å². The van der Waals surface area contributed by atoms with Crippen molar-refractivity contribution in [3.63, 3.8) is 0 Å². The molecule has 0 unspecified atom stereocenters. The van der Waals surface area contributed by atoms with Crippen molar-refractivity contribution >= 4 is 5.69 Å². The van der Waals surface area contributed by atoms with E-state index < -0.39 is 22.7 Å². The number of nitro groups is 1. The minimum absolute atomic E-state index is 0.179. The molecular formula is C13H17F3N2O4. The van der Waals surface area contributed by atoms with Gasteiger partial charge in [0.1, 0.15) is 0 Å². The van der Waals surface area contributed by atoms with Gasteiger partial charge in [0.15, 0.2) is 11.5 Å². The molecule has 9 heteroatoms. The third kappa shape index (κ3) is 6.61. The smallest absolute Gasteiger partial charge is 0.490 e. The molecule has 0 atom stereocenters. The molecule has 0 heterocycles. The van der Waals surface area contributed by atoms with E-state index in [1.54, 1.807) is 0 Å². The Morgan fingerprint density at radius 1 is 1.14 bits per heavy atom. The molecule has 0 spiro atoms. The zero-order valence-electron chi connectivity index (χ0n) is 11.8. The van der Waals surface area contributed by atoms with Gasteiger partial charge in [-0.25, -0.2) is 0 Å². The number of ether oxygens (including phenoxy) is 2. The Kier molecular flexibility index (Phi) is 6.90. The van der Waals surface area contributed by atoms with Crippen molar-refractivity contribution in [2.75, 3.05) is 13.2 Å². The zero-order chi connectivity index (χ0) is 16.6. The lowest BCUT2D eigenvalue weighted by atomic mass is 10.2. The predicted octanol–water partition coefficient (Wildman–Crippen LogP) is 3.39. The third-order valence-corrected chi connectivity index (χ3v) is 2.72. The van der Waals surface area contributed by atoms with Gasteiger partial charge in [0.05, 0.1) is 17.6 Å². The van der Waals surface area contributed by atoms with Crippen LogP contribution in [0.3, 0.4) is 0 Å². The first-order valence-electron chi connectivity index (χ1n) is 6.70. The Labute approximate surface area is 125 Å². The number of alkyl halides is 3. The van der Waals surface area contributed by atoms with Crippen LogP contribution in [-0.4, -0.2) is 24.4 Å². The Morgan fingerprint density at radius 3 is 2.41 bits per heavy atom. The van der Waals surface area contributed by atoms with E-state index in [2.05, 4.69) is 4.74 Å². The molecule has 0 bridgehead atoms. The van der Waals surface area contributed by atoms with Gasteiger partial charge in [0.25, 0.3) is 5.69 Å². The molecule has 0 aliphatic heterocycles. The summed E-state index contributed by atoms with van der Waals surface area (Å²) in [5.74, 6) is -0.898. The molecule has 0 aliphatic rings. The topological polar surface area (TPSA) is 87.6 Å². The van der Waals surface area contributed by atoms with Crippen LogP contribution in [0.5, 0.6) is 11.5 Å². The number of nitrogens with zero attached hydrogens (tertiary/aromatic N) is 1. The molecule has 2 N–H and O–H groups in total. The first-order valence-corrected chi connectivity index (χ1v) is 6.70. The number of hydrogen-bond acceptors (Lipinski definition) is 5. The Balaban J connectivity index is 2.69. The second-order valence-corrected chi connectivity index (χ2v) is 4.49. The number of non-ortho nitro benzene ring substituents is 1. The number of halogens is 3. The van der Waals surface area contributed by atoms with E-state index in [-0.39, 0.29) is 12.4 Å². The van der Waals surface area contributed by atoms with E-state index in [0.717, 1.165) is 31.4 Å². The minimum atomic E-state index is -4.95. The molecule has 0 radical (unpaired) electrons. The van der Waals surface area contributed by atoms with Gasteiger partial charge in [-0.1, -0.05) is 12.8 Å². The molecule has 0 saturated heterocycles. The van der Waals surface area contributed by atoms with Gasteiger partial charge in [0.2, 0.25) is 0 Å². The summed E-state index contributed by atoms with van der Waals surface area (Å²) in [6.07, 6.45) is -1.69. The fraction of sp³-hybridized carbons (Fsp3) is 0.538. The molecule has 1 aromatic rings. The van der Waals surface area contributed by atoms with Crippen LogP contribution in [0.1, 0.15) is 25.7 Å². The minimum Gasteiger partial charge on any atom is -0.490 e. The van der Waals surface area contributed by atoms with E-state index in [1.807, 2.05) is 0 Å². The van der Waals surface area contributed by atoms with Gasteiger partial charge in [-0.05, 0) is 25.5 Å². The summed E-state index contributed by atoms with van der Waals surface area (Å²) >= 11 is 0. The first-order chi connectivity index (χ1) is 10.3. The second kappa shape index (κ2) is 8.42. The molecule has 1 rings (SSSR count). The maximum atomic E-state index is 12.3. The van der Waals surface area contributed by atoms with Crippen molar-refractivity contribution < 1.29 is 27.6 Å². The van der Waals surface area contributed by atoms with Crippen molar-refractivity contribution in [1.82, 2.24) is 0 Å². The fourth-order valence-corrected chi connectivity index (χ4v) is 1.72. The summed E-state index contributed by atoms with van der Waals surface area (Å²) in [5, 5.41) is 10.6. The van der Waals surface area contributed by atoms with Crippen molar-refractivity contribution in [2.24, 2.45) is 5.73 Å². The molecule has 1 aromatic carbocycles. The molecular weight excluding hydrogens is 305 g/mol. The molecule has 0 fully saturated rings. The van der Waals surface area contributed by atoms with Crippen LogP contribution in [0.4, 0.5) is 18.9 Å². The third-order valence-electron chi connectivity index (χ3n) is 2.72. The van der Waals surface area contributed by atoms with Crippen molar-refractivity contribution in [2.45, 2.75) is 32.0 Å². The Hall–Kier alpha value is -2.03. The van der Waals surface area contributed by atoms with Gasteiger partial charge >= 0.3 is 6.36 Å². The SMILES string of the molecule is NCCCCCCOc1ccc([N+](=O)[O-])cc1OC(F)(F)F. The number of hydrogen-bond donors (Lipinski definition) is 1. The molecule has 0 amide bonds. The molecule has 22 heavy (non-hydrogen) atoms. The molecule has 0 aromatic heterocycles. The van der Waals surface area contributed by atoms with Crippen LogP contribution in [0.25, 0.3) is 0 Å². The standard InChI is InChI=1S/C13H17F3N2O4/c14-13(15,16)22-12-9-10(18(19)20)5-6-11(12)21-8-4-2-1-3-7-17/h5-6,9H,1-4,7-8,17H2. The van der Waals surface area contributed by atoms with Crippen molar-refractivity contribution in [1.29, 1.82) is 0 Å². The highest BCUT2D eigenvalue weighted by atomic mass is 19.4. The number of benzene rings is 1.